The molecule has 1 aromatic carbocycles. The molecule has 0 aliphatic carbocycles. The van der Waals surface area contributed by atoms with Crippen LogP contribution in [0.1, 0.15) is 25.8 Å². The number of rotatable bonds is 5. The van der Waals surface area contributed by atoms with Gasteiger partial charge in [-0.1, -0.05) is 23.7 Å². The number of carbonyl (C=O) groups is 1. The SMILES string of the molecule is CC(C)(N)CC(=O)NCCc1ccc(Cl)cc1. The van der Waals surface area contributed by atoms with Crippen LogP contribution in [0.5, 0.6) is 0 Å². The average molecular weight is 255 g/mol. The fourth-order valence-corrected chi connectivity index (χ4v) is 1.60. The lowest BCUT2D eigenvalue weighted by atomic mass is 10.0. The molecular formula is C13H19ClN2O. The van der Waals surface area contributed by atoms with Crippen molar-refractivity contribution in [1.29, 1.82) is 0 Å². The van der Waals surface area contributed by atoms with Gasteiger partial charge in [0.15, 0.2) is 0 Å². The molecule has 94 valence electrons. The summed E-state index contributed by atoms with van der Waals surface area (Å²) in [5.74, 6) is -0.00790. The highest BCUT2D eigenvalue weighted by atomic mass is 35.5. The number of carbonyl (C=O) groups excluding carboxylic acids is 1. The zero-order valence-electron chi connectivity index (χ0n) is 10.3. The third kappa shape index (κ3) is 6.29. The summed E-state index contributed by atoms with van der Waals surface area (Å²) in [6, 6.07) is 7.62. The molecule has 0 radical (unpaired) electrons. The number of halogens is 1. The van der Waals surface area contributed by atoms with Crippen molar-refractivity contribution in [2.45, 2.75) is 32.2 Å². The fourth-order valence-electron chi connectivity index (χ4n) is 1.47. The van der Waals surface area contributed by atoms with Gasteiger partial charge in [-0.3, -0.25) is 4.79 Å². The Hall–Kier alpha value is -1.06. The molecule has 0 saturated heterocycles. The van der Waals surface area contributed by atoms with E-state index in [1.807, 2.05) is 38.1 Å². The Bertz CT molecular complexity index is 368. The van der Waals surface area contributed by atoms with E-state index >= 15 is 0 Å². The van der Waals surface area contributed by atoms with Crippen LogP contribution in [0.15, 0.2) is 24.3 Å². The van der Waals surface area contributed by atoms with E-state index in [-0.39, 0.29) is 5.91 Å². The average Bonchev–Trinajstić information content (AvgIpc) is 2.18. The molecule has 0 aliphatic heterocycles. The van der Waals surface area contributed by atoms with E-state index in [9.17, 15) is 4.79 Å². The molecule has 0 saturated carbocycles. The molecule has 0 spiro atoms. The Balaban J connectivity index is 2.28. The van der Waals surface area contributed by atoms with Crippen LogP contribution in [-0.4, -0.2) is 18.0 Å². The number of hydrogen-bond donors (Lipinski definition) is 2. The molecule has 0 heterocycles. The quantitative estimate of drug-likeness (QED) is 0.846. The molecule has 0 aromatic heterocycles. The Morgan fingerprint density at radius 2 is 1.94 bits per heavy atom. The van der Waals surface area contributed by atoms with Crippen LogP contribution < -0.4 is 11.1 Å². The van der Waals surface area contributed by atoms with Crippen molar-refractivity contribution in [1.82, 2.24) is 5.32 Å². The maximum atomic E-state index is 11.5. The molecule has 1 aromatic rings. The fraction of sp³-hybridized carbons (Fsp3) is 0.462. The van der Waals surface area contributed by atoms with Crippen molar-refractivity contribution < 1.29 is 4.79 Å². The minimum Gasteiger partial charge on any atom is -0.356 e. The Morgan fingerprint density at radius 1 is 1.35 bits per heavy atom. The molecular weight excluding hydrogens is 236 g/mol. The largest absolute Gasteiger partial charge is 0.356 e. The normalized spacial score (nSPS) is 11.3. The van der Waals surface area contributed by atoms with Gasteiger partial charge in [0.05, 0.1) is 0 Å². The van der Waals surface area contributed by atoms with Gasteiger partial charge in [0.1, 0.15) is 0 Å². The van der Waals surface area contributed by atoms with Gasteiger partial charge < -0.3 is 11.1 Å². The standard InChI is InChI=1S/C13H19ClN2O/c1-13(2,15)9-12(17)16-8-7-10-3-5-11(14)6-4-10/h3-6H,7-9,15H2,1-2H3,(H,16,17). The summed E-state index contributed by atoms with van der Waals surface area (Å²) in [5, 5.41) is 3.58. The lowest BCUT2D eigenvalue weighted by Crippen LogP contribution is -2.39. The van der Waals surface area contributed by atoms with Crippen molar-refractivity contribution in [2.24, 2.45) is 5.73 Å². The summed E-state index contributed by atoms with van der Waals surface area (Å²) < 4.78 is 0. The Kier molecular flexibility index (Phi) is 4.97. The minimum absolute atomic E-state index is 0.00790. The molecule has 0 unspecified atom stereocenters. The number of hydrogen-bond acceptors (Lipinski definition) is 2. The molecule has 1 amide bonds. The van der Waals surface area contributed by atoms with Gasteiger partial charge >= 0.3 is 0 Å². The lowest BCUT2D eigenvalue weighted by Gasteiger charge is -2.17. The van der Waals surface area contributed by atoms with Crippen LogP contribution in [0.2, 0.25) is 5.02 Å². The smallest absolute Gasteiger partial charge is 0.221 e. The summed E-state index contributed by atoms with van der Waals surface area (Å²) in [6.07, 6.45) is 1.14. The van der Waals surface area contributed by atoms with Crippen molar-refractivity contribution in [3.63, 3.8) is 0 Å². The van der Waals surface area contributed by atoms with Crippen molar-refractivity contribution in [3.05, 3.63) is 34.9 Å². The van der Waals surface area contributed by atoms with Crippen LogP contribution in [0.3, 0.4) is 0 Å². The maximum absolute atomic E-state index is 11.5. The second-order valence-corrected chi connectivity index (χ2v) is 5.33. The van der Waals surface area contributed by atoms with E-state index in [2.05, 4.69) is 5.32 Å². The highest BCUT2D eigenvalue weighted by Crippen LogP contribution is 2.09. The van der Waals surface area contributed by atoms with Crippen LogP contribution in [0.25, 0.3) is 0 Å². The van der Waals surface area contributed by atoms with Crippen LogP contribution >= 0.6 is 11.6 Å². The predicted octanol–water partition coefficient (Wildman–Crippen LogP) is 2.13. The second-order valence-electron chi connectivity index (χ2n) is 4.89. The maximum Gasteiger partial charge on any atom is 0.221 e. The van der Waals surface area contributed by atoms with E-state index in [0.29, 0.717) is 13.0 Å². The van der Waals surface area contributed by atoms with E-state index in [1.165, 1.54) is 0 Å². The molecule has 0 fully saturated rings. The van der Waals surface area contributed by atoms with Gasteiger partial charge in [0.25, 0.3) is 0 Å². The van der Waals surface area contributed by atoms with Crippen molar-refractivity contribution in [3.8, 4) is 0 Å². The third-order valence-electron chi connectivity index (χ3n) is 2.27. The molecule has 17 heavy (non-hydrogen) atoms. The zero-order valence-corrected chi connectivity index (χ0v) is 11.1. The van der Waals surface area contributed by atoms with Crippen LogP contribution in [-0.2, 0) is 11.2 Å². The predicted molar refractivity (Wildman–Crippen MR) is 71.0 cm³/mol. The van der Waals surface area contributed by atoms with E-state index in [1.54, 1.807) is 0 Å². The zero-order chi connectivity index (χ0) is 12.9. The topological polar surface area (TPSA) is 55.1 Å². The Morgan fingerprint density at radius 3 is 2.47 bits per heavy atom. The van der Waals surface area contributed by atoms with Crippen molar-refractivity contribution in [2.75, 3.05) is 6.54 Å². The summed E-state index contributed by atoms with van der Waals surface area (Å²) >= 11 is 5.79. The number of benzene rings is 1. The van der Waals surface area contributed by atoms with Gasteiger partial charge in [-0.25, -0.2) is 0 Å². The molecule has 0 atom stereocenters. The number of nitrogens with two attached hydrogens (primary N) is 1. The van der Waals surface area contributed by atoms with E-state index in [0.717, 1.165) is 17.0 Å². The van der Waals surface area contributed by atoms with Crippen LogP contribution in [0.4, 0.5) is 0 Å². The first-order valence-electron chi connectivity index (χ1n) is 5.67. The molecule has 0 aliphatic rings. The van der Waals surface area contributed by atoms with Gasteiger partial charge in [-0.2, -0.15) is 0 Å². The monoisotopic (exact) mass is 254 g/mol. The summed E-state index contributed by atoms with van der Waals surface area (Å²) in [4.78, 5) is 11.5. The first-order valence-corrected chi connectivity index (χ1v) is 6.05. The van der Waals surface area contributed by atoms with Crippen LogP contribution in [0, 0.1) is 0 Å². The van der Waals surface area contributed by atoms with Crippen molar-refractivity contribution >= 4 is 17.5 Å². The molecule has 1 rings (SSSR count). The molecule has 0 bridgehead atoms. The molecule has 3 N–H and O–H groups in total. The minimum atomic E-state index is -0.454. The van der Waals surface area contributed by atoms with Gasteiger partial charge in [0, 0.05) is 23.5 Å². The molecule has 3 nitrogen and oxygen atoms in total. The summed E-state index contributed by atoms with van der Waals surface area (Å²) in [5.41, 5.74) is 6.46. The second kappa shape index (κ2) is 6.03. The summed E-state index contributed by atoms with van der Waals surface area (Å²) in [6.45, 7) is 4.30. The Labute approximate surface area is 107 Å². The van der Waals surface area contributed by atoms with E-state index in [4.69, 9.17) is 17.3 Å². The highest BCUT2D eigenvalue weighted by Gasteiger charge is 2.15. The van der Waals surface area contributed by atoms with Gasteiger partial charge in [0.2, 0.25) is 5.91 Å². The number of amides is 1. The lowest BCUT2D eigenvalue weighted by molar-refractivity contribution is -0.121. The first kappa shape index (κ1) is 14.0. The number of nitrogens with one attached hydrogen (secondary N) is 1. The molecule has 4 heteroatoms. The van der Waals surface area contributed by atoms with E-state index < -0.39 is 5.54 Å². The summed E-state index contributed by atoms with van der Waals surface area (Å²) in [7, 11) is 0. The first-order chi connectivity index (χ1) is 7.87. The third-order valence-corrected chi connectivity index (χ3v) is 2.52. The van der Waals surface area contributed by atoms with Gasteiger partial charge in [-0.15, -0.1) is 0 Å². The van der Waals surface area contributed by atoms with Gasteiger partial charge in [-0.05, 0) is 38.0 Å². The highest BCUT2D eigenvalue weighted by molar-refractivity contribution is 6.30.